The van der Waals surface area contributed by atoms with Crippen LogP contribution in [-0.2, 0) is 28.4 Å². The third-order valence-corrected chi connectivity index (χ3v) is 15.7. The molecule has 4 saturated carbocycles. The van der Waals surface area contributed by atoms with Crippen LogP contribution >= 0.6 is 0 Å². The Balaban J connectivity index is 1.04. The summed E-state index contributed by atoms with van der Waals surface area (Å²) in [6.07, 6.45) is -6.52. The fraction of sp³-hybridized carbons (Fsp3) is 1.00. The third-order valence-electron chi connectivity index (χ3n) is 15.7. The number of rotatable bonds is 4. The zero-order valence-electron chi connectivity index (χ0n) is 30.7. The molecule has 13 nitrogen and oxygen atoms in total. The van der Waals surface area contributed by atoms with Gasteiger partial charge in [0.25, 0.3) is 0 Å². The van der Waals surface area contributed by atoms with Gasteiger partial charge in [0.15, 0.2) is 18.4 Å². The molecule has 7 N–H and O–H groups in total. The average Bonchev–Trinajstić information content (AvgIpc) is 3.54. The first kappa shape index (κ1) is 37.4. The number of aliphatic hydroxyl groups is 7. The van der Waals surface area contributed by atoms with Crippen LogP contribution in [-0.4, -0.2) is 134 Å². The van der Waals surface area contributed by atoms with E-state index in [4.69, 9.17) is 28.4 Å². The summed E-state index contributed by atoms with van der Waals surface area (Å²) in [6.45, 7) is 11.1. The van der Waals surface area contributed by atoms with Gasteiger partial charge in [-0.2, -0.15) is 0 Å². The summed E-state index contributed by atoms with van der Waals surface area (Å²) in [5, 5.41) is 75.6. The Morgan fingerprint density at radius 2 is 1.43 bits per heavy atom. The van der Waals surface area contributed by atoms with Gasteiger partial charge in [-0.25, -0.2) is 0 Å². The van der Waals surface area contributed by atoms with Crippen molar-refractivity contribution in [3.05, 3.63) is 0 Å². The van der Waals surface area contributed by atoms with Gasteiger partial charge in [0.05, 0.1) is 37.6 Å². The van der Waals surface area contributed by atoms with E-state index in [-0.39, 0.29) is 53.3 Å². The van der Waals surface area contributed by atoms with Crippen molar-refractivity contribution in [2.24, 2.45) is 52.3 Å². The van der Waals surface area contributed by atoms with Crippen molar-refractivity contribution < 1.29 is 64.2 Å². The van der Waals surface area contributed by atoms with Crippen LogP contribution in [0.4, 0.5) is 0 Å². The van der Waals surface area contributed by atoms with Gasteiger partial charge in [-0.05, 0) is 105 Å². The second-order valence-electron chi connectivity index (χ2n) is 18.5. The van der Waals surface area contributed by atoms with Crippen molar-refractivity contribution in [1.82, 2.24) is 0 Å². The van der Waals surface area contributed by atoms with E-state index in [0.29, 0.717) is 37.2 Å². The fourth-order valence-corrected chi connectivity index (χ4v) is 13.1. The molecule has 8 fully saturated rings. The molecular formula is C38H62O13. The molecule has 8 rings (SSSR count). The fourth-order valence-electron chi connectivity index (χ4n) is 13.1. The van der Waals surface area contributed by atoms with Crippen molar-refractivity contribution in [1.29, 1.82) is 0 Å². The van der Waals surface area contributed by atoms with Gasteiger partial charge in [-0.1, -0.05) is 27.7 Å². The van der Waals surface area contributed by atoms with Crippen molar-refractivity contribution in [3.63, 3.8) is 0 Å². The van der Waals surface area contributed by atoms with Gasteiger partial charge in [-0.3, -0.25) is 0 Å². The van der Waals surface area contributed by atoms with Crippen LogP contribution in [0.15, 0.2) is 0 Å². The van der Waals surface area contributed by atoms with Gasteiger partial charge < -0.3 is 64.2 Å². The van der Waals surface area contributed by atoms with E-state index in [9.17, 15) is 35.7 Å². The average molecular weight is 727 g/mol. The summed E-state index contributed by atoms with van der Waals surface area (Å²) >= 11 is 0. The smallest absolute Gasteiger partial charge is 0.197 e. The molecule has 0 amide bonds. The van der Waals surface area contributed by atoms with Crippen molar-refractivity contribution in [3.8, 4) is 0 Å². The molecule has 0 unspecified atom stereocenters. The molecule has 4 aliphatic carbocycles. The van der Waals surface area contributed by atoms with E-state index in [1.54, 1.807) is 6.92 Å². The molecular weight excluding hydrogens is 664 g/mol. The zero-order valence-corrected chi connectivity index (χ0v) is 30.7. The van der Waals surface area contributed by atoms with Crippen LogP contribution < -0.4 is 0 Å². The summed E-state index contributed by atoms with van der Waals surface area (Å²) in [5.74, 6) is 0.780. The number of aliphatic hydroxyl groups excluding tert-OH is 7. The normalized spacial score (nSPS) is 61.4. The van der Waals surface area contributed by atoms with Crippen molar-refractivity contribution >= 4 is 0 Å². The standard InChI is InChI=1S/C38H62O13/c1-16-10-27(41)38(47-14-16)17(2)28-26(51-38)13-22-20-12-25(23-11-19(39)6-8-36(23,4)21(20)7-9-37(22,28)5)49-35-32(45)33(29(42)18(3)48-35)50-34-31(44)30(43)24(40)15-46-34/h16-35,39-45H,6-15H2,1-5H3/t16-,17+,18-,19+,20-,21+,22+,23-,24-,25+,26+,27+,28+,29-,30+,31-,32-,33+,34+,35+,36-,37+,38+/m1/s1. The quantitative estimate of drug-likeness (QED) is 0.203. The highest BCUT2D eigenvalue weighted by molar-refractivity contribution is 5.17. The molecule has 0 aromatic carbocycles. The van der Waals surface area contributed by atoms with Crippen LogP contribution in [0, 0.1) is 52.3 Å². The molecule has 0 radical (unpaired) electrons. The minimum atomic E-state index is -1.59. The molecule has 51 heavy (non-hydrogen) atoms. The van der Waals surface area contributed by atoms with Crippen molar-refractivity contribution in [2.75, 3.05) is 13.2 Å². The van der Waals surface area contributed by atoms with Crippen LogP contribution in [0.1, 0.15) is 86.0 Å². The Labute approximate surface area is 300 Å². The van der Waals surface area contributed by atoms with Crippen LogP contribution in [0.2, 0.25) is 0 Å². The minimum Gasteiger partial charge on any atom is -0.393 e. The third kappa shape index (κ3) is 5.73. The van der Waals surface area contributed by atoms with Crippen molar-refractivity contribution in [2.45, 2.75) is 171 Å². The van der Waals surface area contributed by atoms with Crippen LogP contribution in [0.3, 0.4) is 0 Å². The SMILES string of the molecule is C[C@H]1CO[C@@]2(O[C@H]3C[C@H]4[C@@H]5C[C@H](O[C@@H]6O[C@H](C)[C@@H](O)[C@H](O[C@@H]7OC[C@@H](O)[C@H](O)[C@H]7O)[C@H]6O)[C@H]6C[C@@H](O)CC[C@]6(C)[C@H]5CC[C@]4(C)[C@H]3[C@@H]2C)[C@@H](O)C1. The predicted molar refractivity (Wildman–Crippen MR) is 178 cm³/mol. The Bertz CT molecular complexity index is 1270. The maximum absolute atomic E-state index is 11.6. The molecule has 8 aliphatic rings. The van der Waals surface area contributed by atoms with Crippen LogP contribution in [0.5, 0.6) is 0 Å². The highest BCUT2D eigenvalue weighted by atomic mass is 16.7. The molecule has 4 saturated heterocycles. The number of hydrogen-bond donors (Lipinski definition) is 7. The Kier molecular flexibility index (Phi) is 9.76. The lowest BCUT2D eigenvalue weighted by Gasteiger charge is -2.63. The van der Waals surface area contributed by atoms with E-state index < -0.39 is 73.3 Å². The van der Waals surface area contributed by atoms with E-state index in [1.807, 2.05) is 0 Å². The summed E-state index contributed by atoms with van der Waals surface area (Å²) in [5.41, 5.74) is -0.115. The number of hydrogen-bond acceptors (Lipinski definition) is 13. The molecule has 0 aromatic heterocycles. The van der Waals surface area contributed by atoms with Gasteiger partial charge in [0.1, 0.15) is 42.7 Å². The molecule has 23 atom stereocenters. The lowest BCUT2D eigenvalue weighted by Crippen LogP contribution is -2.64. The molecule has 4 heterocycles. The lowest BCUT2D eigenvalue weighted by atomic mass is 9.43. The Morgan fingerprint density at radius 3 is 2.18 bits per heavy atom. The Morgan fingerprint density at radius 1 is 0.686 bits per heavy atom. The number of ether oxygens (including phenoxy) is 6. The highest BCUT2D eigenvalue weighted by Crippen LogP contribution is 2.71. The first-order valence-electron chi connectivity index (χ1n) is 19.7. The monoisotopic (exact) mass is 726 g/mol. The highest BCUT2D eigenvalue weighted by Gasteiger charge is 2.71. The number of fused-ring (bicyclic) bond motifs is 7. The lowest BCUT2D eigenvalue weighted by molar-refractivity contribution is -0.357. The van der Waals surface area contributed by atoms with E-state index in [1.165, 1.54) is 0 Å². The second-order valence-corrected chi connectivity index (χ2v) is 18.5. The molecule has 292 valence electrons. The molecule has 4 aliphatic heterocycles. The summed E-state index contributed by atoms with van der Waals surface area (Å²) < 4.78 is 37.6. The van der Waals surface area contributed by atoms with Gasteiger partial charge >= 0.3 is 0 Å². The first-order valence-corrected chi connectivity index (χ1v) is 19.7. The van der Waals surface area contributed by atoms with E-state index in [2.05, 4.69) is 27.7 Å². The maximum Gasteiger partial charge on any atom is 0.197 e. The van der Waals surface area contributed by atoms with E-state index in [0.717, 1.165) is 38.5 Å². The minimum absolute atomic E-state index is 0.00406. The van der Waals surface area contributed by atoms with Crippen LogP contribution in [0.25, 0.3) is 0 Å². The first-order chi connectivity index (χ1) is 24.1. The topological polar surface area (TPSA) is 197 Å². The second kappa shape index (κ2) is 13.3. The predicted octanol–water partition coefficient (Wildman–Crippen LogP) is 1.05. The van der Waals surface area contributed by atoms with Gasteiger partial charge in [0, 0.05) is 5.92 Å². The van der Waals surface area contributed by atoms with E-state index >= 15 is 0 Å². The largest absolute Gasteiger partial charge is 0.393 e. The molecule has 0 aromatic rings. The van der Waals surface area contributed by atoms with Gasteiger partial charge in [-0.15, -0.1) is 0 Å². The maximum atomic E-state index is 11.6. The molecule has 0 bridgehead atoms. The molecule has 13 heteroatoms. The zero-order chi connectivity index (χ0) is 36.4. The molecule has 1 spiro atoms. The van der Waals surface area contributed by atoms with Gasteiger partial charge in [0.2, 0.25) is 0 Å². The Hall–Kier alpha value is -0.520. The summed E-state index contributed by atoms with van der Waals surface area (Å²) in [4.78, 5) is 0. The summed E-state index contributed by atoms with van der Waals surface area (Å²) in [6, 6.07) is 0. The summed E-state index contributed by atoms with van der Waals surface area (Å²) in [7, 11) is 0.